The average Bonchev–Trinajstić information content (AvgIpc) is 1.65. The summed E-state index contributed by atoms with van der Waals surface area (Å²) < 4.78 is 122. The molecule has 4 fully saturated rings. The molecule has 9 aromatic carbocycles. The van der Waals surface area contributed by atoms with Crippen molar-refractivity contribution in [2.24, 2.45) is 10.8 Å². The van der Waals surface area contributed by atoms with Crippen molar-refractivity contribution in [3.8, 4) is 0 Å². The molecule has 13 rings (SSSR count). The van der Waals surface area contributed by atoms with Crippen LogP contribution in [0.1, 0.15) is 142 Å². The first-order valence-electron chi connectivity index (χ1n) is 41.4. The first-order chi connectivity index (χ1) is 62.5. The second kappa shape index (κ2) is 43.1. The van der Waals surface area contributed by atoms with Crippen molar-refractivity contribution in [2.75, 3.05) is 26.4 Å². The minimum absolute atomic E-state index is 0.0266. The fourth-order valence-corrected chi connectivity index (χ4v) is 14.0. The predicted octanol–water partition coefficient (Wildman–Crippen LogP) is 11.6. The SMILES string of the molecule is CC(=O)O[C@H]1[C@H]([C@@H](COC(=O)C(C)(C)C)O[C@@H]2O[C@@H]([C@@H](COC(=O)c3ccccc3)OC(=O)c3ccccc3)[C@H](OC(=O)c3ccccc3)[C@H]2OC(=O)c2ccccc2)O[C@@H](OC[C@@H](O[C@H]2O[C@H](COC(=O)c3ccccc3)[C@@H](OC(=O)c3ccccc3)[C@@H]2OC(=O)c2ccccc2)[C@@H]2OC(=O)[C@H](OC(=O)c3ccccc3)[C@H]2OC(=O)c2ccccc2)[C@@H]1OC(=O)C(C)(C)C. The van der Waals surface area contributed by atoms with Crippen LogP contribution < -0.4 is 0 Å². The molecule has 0 aliphatic carbocycles. The van der Waals surface area contributed by atoms with Crippen molar-refractivity contribution in [1.82, 2.24) is 0 Å². The molecule has 676 valence electrons. The van der Waals surface area contributed by atoms with Gasteiger partial charge in [-0.15, -0.1) is 0 Å². The molecule has 130 heavy (non-hydrogen) atoms. The van der Waals surface area contributed by atoms with Crippen LogP contribution in [0.15, 0.2) is 273 Å². The highest BCUT2D eigenvalue weighted by Crippen LogP contribution is 2.41. The Balaban J connectivity index is 0.946. The van der Waals surface area contributed by atoms with Crippen LogP contribution in [0.25, 0.3) is 0 Å². The Kier molecular flexibility index (Phi) is 31.0. The normalized spacial score (nSPS) is 22.8. The lowest BCUT2D eigenvalue weighted by molar-refractivity contribution is -0.261. The van der Waals surface area contributed by atoms with Gasteiger partial charge in [0.15, 0.2) is 73.8 Å². The van der Waals surface area contributed by atoms with Crippen LogP contribution in [-0.4, -0.2) is 214 Å². The summed E-state index contributed by atoms with van der Waals surface area (Å²) in [6.45, 7) is 6.10. The number of rotatable bonds is 34. The summed E-state index contributed by atoms with van der Waals surface area (Å²) in [7, 11) is 0. The lowest BCUT2D eigenvalue weighted by Crippen LogP contribution is -2.51. The Bertz CT molecular complexity index is 5410. The third-order valence-corrected chi connectivity index (χ3v) is 20.6. The molecule has 18 atom stereocenters. The van der Waals surface area contributed by atoms with E-state index in [1.165, 1.54) is 236 Å². The quantitative estimate of drug-likeness (QED) is 0.0267. The average molecular weight is 1780 g/mol. The van der Waals surface area contributed by atoms with Crippen LogP contribution in [0.3, 0.4) is 0 Å². The van der Waals surface area contributed by atoms with E-state index in [-0.39, 0.29) is 50.1 Å². The topological polar surface area (TPSA) is 397 Å². The monoisotopic (exact) mass is 1780 g/mol. The summed E-state index contributed by atoms with van der Waals surface area (Å²) in [4.78, 5) is 189. The molecule has 32 nitrogen and oxygen atoms in total. The summed E-state index contributed by atoms with van der Waals surface area (Å²) in [6, 6.07) is 67.5. The number of benzene rings is 9. The minimum atomic E-state index is -2.20. The van der Waals surface area contributed by atoms with Gasteiger partial charge < -0.3 is 90.0 Å². The highest BCUT2D eigenvalue weighted by atomic mass is 16.8. The van der Waals surface area contributed by atoms with Crippen LogP contribution in [0.4, 0.5) is 0 Å². The molecular formula is C98H92O32. The van der Waals surface area contributed by atoms with E-state index in [0.29, 0.717) is 0 Å². The number of esters is 13. The van der Waals surface area contributed by atoms with Crippen molar-refractivity contribution >= 4 is 77.6 Å². The Hall–Kier alpha value is -14.2. The smallest absolute Gasteiger partial charge is 0.352 e. The Morgan fingerprint density at radius 3 is 1.01 bits per heavy atom. The number of ether oxygens (including phenoxy) is 19. The van der Waals surface area contributed by atoms with Gasteiger partial charge in [-0.1, -0.05) is 164 Å². The third-order valence-electron chi connectivity index (χ3n) is 20.6. The molecular weight excluding hydrogens is 1690 g/mol. The number of carbonyl (C=O) groups is 13. The zero-order valence-corrected chi connectivity index (χ0v) is 71.3. The summed E-state index contributed by atoms with van der Waals surface area (Å²) in [5, 5.41) is 0. The zero-order chi connectivity index (χ0) is 92.2. The number of carbonyl (C=O) groups excluding carboxylic acids is 13. The third kappa shape index (κ3) is 24.0. The fraction of sp³-hybridized carbons (Fsp3) is 0.316. The maximum Gasteiger partial charge on any atom is 0.352 e. The molecule has 9 aromatic rings. The van der Waals surface area contributed by atoms with Crippen molar-refractivity contribution in [3.05, 3.63) is 323 Å². The van der Waals surface area contributed by atoms with E-state index in [0.717, 1.165) is 6.92 Å². The Morgan fingerprint density at radius 2 is 0.600 bits per heavy atom. The number of cyclic esters (lactones) is 1. The molecule has 4 aliphatic heterocycles. The highest BCUT2D eigenvalue weighted by Gasteiger charge is 2.62. The van der Waals surface area contributed by atoms with E-state index in [2.05, 4.69) is 0 Å². The van der Waals surface area contributed by atoms with Crippen molar-refractivity contribution in [3.63, 3.8) is 0 Å². The van der Waals surface area contributed by atoms with Gasteiger partial charge >= 0.3 is 77.6 Å². The van der Waals surface area contributed by atoms with E-state index in [9.17, 15) is 57.5 Å². The van der Waals surface area contributed by atoms with E-state index in [4.69, 9.17) is 90.0 Å². The van der Waals surface area contributed by atoms with Gasteiger partial charge in [0, 0.05) is 6.92 Å². The second-order valence-corrected chi connectivity index (χ2v) is 32.2. The summed E-state index contributed by atoms with van der Waals surface area (Å²) in [5.41, 5.74) is -3.17. The van der Waals surface area contributed by atoms with Gasteiger partial charge in [-0.25, -0.2) is 47.9 Å². The Labute approximate surface area is 745 Å². The molecule has 0 radical (unpaired) electrons. The predicted molar refractivity (Wildman–Crippen MR) is 450 cm³/mol. The lowest BCUT2D eigenvalue weighted by Gasteiger charge is -2.32. The van der Waals surface area contributed by atoms with Crippen molar-refractivity contribution < 1.29 is 152 Å². The molecule has 4 aliphatic rings. The molecule has 0 unspecified atom stereocenters. The van der Waals surface area contributed by atoms with Gasteiger partial charge in [0.1, 0.15) is 50.3 Å². The van der Waals surface area contributed by atoms with Crippen molar-refractivity contribution in [1.29, 1.82) is 0 Å². The van der Waals surface area contributed by atoms with Gasteiger partial charge in [0.2, 0.25) is 6.10 Å². The van der Waals surface area contributed by atoms with E-state index in [1.54, 1.807) is 78.9 Å². The first-order valence-corrected chi connectivity index (χ1v) is 41.4. The van der Waals surface area contributed by atoms with Crippen LogP contribution >= 0.6 is 0 Å². The largest absolute Gasteiger partial charge is 0.462 e. The van der Waals surface area contributed by atoms with Gasteiger partial charge in [0.25, 0.3) is 0 Å². The van der Waals surface area contributed by atoms with Crippen LogP contribution in [0, 0.1) is 10.8 Å². The fourth-order valence-electron chi connectivity index (χ4n) is 14.0. The zero-order valence-electron chi connectivity index (χ0n) is 71.3. The molecule has 4 saturated heterocycles. The summed E-state index contributed by atoms with van der Waals surface area (Å²) in [5.74, 6) is -13.8. The highest BCUT2D eigenvalue weighted by molar-refractivity contribution is 5.95. The molecule has 0 N–H and O–H groups in total. The minimum Gasteiger partial charge on any atom is -0.462 e. The molecule has 0 aromatic heterocycles. The molecule has 0 amide bonds. The maximum absolute atomic E-state index is 15.0. The number of hydrogen-bond donors (Lipinski definition) is 0. The van der Waals surface area contributed by atoms with E-state index >= 15 is 4.79 Å². The van der Waals surface area contributed by atoms with Crippen LogP contribution in [-0.2, 0) is 109 Å². The molecule has 0 saturated carbocycles. The van der Waals surface area contributed by atoms with E-state index in [1.807, 2.05) is 0 Å². The summed E-state index contributed by atoms with van der Waals surface area (Å²) in [6.07, 6.45) is -36.7. The number of hydrogen-bond acceptors (Lipinski definition) is 32. The Morgan fingerprint density at radius 1 is 0.292 bits per heavy atom. The maximum atomic E-state index is 15.0. The molecule has 0 spiro atoms. The molecule has 0 bridgehead atoms. The van der Waals surface area contributed by atoms with Crippen molar-refractivity contribution in [2.45, 2.75) is 159 Å². The van der Waals surface area contributed by atoms with Crippen LogP contribution in [0.2, 0.25) is 0 Å². The van der Waals surface area contributed by atoms with Gasteiger partial charge in [-0.3, -0.25) is 14.4 Å². The summed E-state index contributed by atoms with van der Waals surface area (Å²) >= 11 is 0. The second-order valence-electron chi connectivity index (χ2n) is 32.2. The van der Waals surface area contributed by atoms with Gasteiger partial charge in [-0.05, 0) is 151 Å². The lowest BCUT2D eigenvalue weighted by atomic mass is 9.97. The molecule has 32 heteroatoms. The first kappa shape index (κ1) is 93.5. The molecule has 4 heterocycles. The van der Waals surface area contributed by atoms with E-state index < -0.39 is 225 Å². The van der Waals surface area contributed by atoms with Gasteiger partial charge in [-0.2, -0.15) is 0 Å². The van der Waals surface area contributed by atoms with Gasteiger partial charge in [0.05, 0.1) is 67.5 Å². The van der Waals surface area contributed by atoms with Crippen LogP contribution in [0.5, 0.6) is 0 Å². The standard InChI is InChI=1S/C98H92O32/c1-57(99)116-76-73(70(56-115-95(110)97(2,3)4)120-94-81(127-90(108)66-51-33-16-34-52-66)77(124-87(105)63-45-27-13-28-46-63)72(129-94)67(117-84(102)60-39-21-10-22-40-60)53-112-82(100)58-35-17-8-18-36-58)128-92(80(76)130-96(111)98(5,6)7)114-55-69(71-75(123-86(104)62-43-25-12-26-44-62)78(91(109)122-71)125-88(106)64-47-29-14-30-48-64)119-93-79(126-89(107)65-49-31-15-32-50-65)74(121-85(103)61-41-23-11-24-42-61)68(118-93)54-113-83(101)59-37-19-9-20-38-59/h8-52,67-81,92-94H,53-56H2,1-7H3/t67-,68-,69-,70-,71+,72+,73+,74-,75+,76+,77+,78-,79+,80-,81-,92-,93-,94-/m1/s1.